The normalized spacial score (nSPS) is 15.3. The van der Waals surface area contributed by atoms with Crippen molar-refractivity contribution < 1.29 is 9.59 Å². The summed E-state index contributed by atoms with van der Waals surface area (Å²) in [6.07, 6.45) is 1.74. The summed E-state index contributed by atoms with van der Waals surface area (Å²) in [5.41, 5.74) is 0.604. The predicted octanol–water partition coefficient (Wildman–Crippen LogP) is 3.06. The zero-order chi connectivity index (χ0) is 16.1. The van der Waals surface area contributed by atoms with Crippen LogP contribution in [0, 0.1) is 5.92 Å². The SMILES string of the molecule is CCC(CC)C(=O)N1CCN(C(=O)c2cccc(Cl)c2)CC1. The van der Waals surface area contributed by atoms with Crippen LogP contribution in [0.5, 0.6) is 0 Å². The number of amides is 2. The Labute approximate surface area is 137 Å². The van der Waals surface area contributed by atoms with Crippen molar-refractivity contribution in [1.82, 2.24) is 9.80 Å². The van der Waals surface area contributed by atoms with Gasteiger partial charge in [0.05, 0.1) is 0 Å². The van der Waals surface area contributed by atoms with E-state index in [1.165, 1.54) is 0 Å². The van der Waals surface area contributed by atoms with Crippen molar-refractivity contribution >= 4 is 23.4 Å². The highest BCUT2D eigenvalue weighted by Crippen LogP contribution is 2.16. The molecule has 0 atom stereocenters. The van der Waals surface area contributed by atoms with Crippen LogP contribution in [0.3, 0.4) is 0 Å². The van der Waals surface area contributed by atoms with Gasteiger partial charge in [-0.1, -0.05) is 31.5 Å². The minimum absolute atomic E-state index is 0.0165. The Morgan fingerprint density at radius 3 is 2.23 bits per heavy atom. The maximum Gasteiger partial charge on any atom is 0.254 e. The zero-order valence-corrected chi connectivity index (χ0v) is 14.0. The molecule has 0 N–H and O–H groups in total. The van der Waals surface area contributed by atoms with Gasteiger partial charge in [-0.15, -0.1) is 0 Å². The van der Waals surface area contributed by atoms with Crippen molar-refractivity contribution in [1.29, 1.82) is 0 Å². The summed E-state index contributed by atoms with van der Waals surface area (Å²) in [7, 11) is 0. The molecule has 1 aliphatic heterocycles. The van der Waals surface area contributed by atoms with Gasteiger partial charge in [-0.25, -0.2) is 0 Å². The van der Waals surface area contributed by atoms with E-state index in [4.69, 9.17) is 11.6 Å². The minimum Gasteiger partial charge on any atom is -0.339 e. The first-order chi connectivity index (χ1) is 10.6. The van der Waals surface area contributed by atoms with Gasteiger partial charge in [0.2, 0.25) is 5.91 Å². The van der Waals surface area contributed by atoms with Gasteiger partial charge in [0, 0.05) is 42.7 Å². The highest BCUT2D eigenvalue weighted by Gasteiger charge is 2.27. The van der Waals surface area contributed by atoms with E-state index in [0.29, 0.717) is 36.8 Å². The molecule has 4 nitrogen and oxygen atoms in total. The van der Waals surface area contributed by atoms with E-state index in [-0.39, 0.29) is 17.7 Å². The van der Waals surface area contributed by atoms with E-state index in [9.17, 15) is 9.59 Å². The Hall–Kier alpha value is -1.55. The first kappa shape index (κ1) is 16.8. The molecule has 0 spiro atoms. The molecule has 0 aliphatic carbocycles. The van der Waals surface area contributed by atoms with Crippen LogP contribution in [0.2, 0.25) is 5.02 Å². The van der Waals surface area contributed by atoms with Crippen molar-refractivity contribution in [2.75, 3.05) is 26.2 Å². The maximum absolute atomic E-state index is 12.4. The van der Waals surface area contributed by atoms with Crippen LogP contribution in [0.15, 0.2) is 24.3 Å². The number of halogens is 1. The van der Waals surface area contributed by atoms with Crippen LogP contribution in [0.4, 0.5) is 0 Å². The highest BCUT2D eigenvalue weighted by atomic mass is 35.5. The summed E-state index contributed by atoms with van der Waals surface area (Å²) in [4.78, 5) is 28.5. The summed E-state index contributed by atoms with van der Waals surface area (Å²) >= 11 is 5.94. The largest absolute Gasteiger partial charge is 0.339 e. The lowest BCUT2D eigenvalue weighted by Crippen LogP contribution is -2.51. The van der Waals surface area contributed by atoms with Gasteiger partial charge in [0.25, 0.3) is 5.91 Å². The summed E-state index contributed by atoms with van der Waals surface area (Å²) in [5, 5.41) is 0.563. The Bertz CT molecular complexity index is 535. The third kappa shape index (κ3) is 3.80. The van der Waals surface area contributed by atoms with E-state index >= 15 is 0 Å². The third-order valence-corrected chi connectivity index (χ3v) is 4.52. The van der Waals surface area contributed by atoms with E-state index in [1.807, 2.05) is 18.7 Å². The number of rotatable bonds is 4. The highest BCUT2D eigenvalue weighted by molar-refractivity contribution is 6.30. The first-order valence-corrected chi connectivity index (χ1v) is 8.28. The van der Waals surface area contributed by atoms with Crippen molar-refractivity contribution in [2.24, 2.45) is 5.92 Å². The van der Waals surface area contributed by atoms with Crippen molar-refractivity contribution in [3.8, 4) is 0 Å². The predicted molar refractivity (Wildman–Crippen MR) is 88.0 cm³/mol. The Balaban J connectivity index is 1.94. The van der Waals surface area contributed by atoms with Crippen molar-refractivity contribution in [2.45, 2.75) is 26.7 Å². The average molecular weight is 323 g/mol. The van der Waals surface area contributed by atoms with Crippen molar-refractivity contribution in [3.05, 3.63) is 34.9 Å². The fourth-order valence-electron chi connectivity index (χ4n) is 2.83. The molecule has 1 heterocycles. The molecular formula is C17H23ClN2O2. The van der Waals surface area contributed by atoms with Gasteiger partial charge < -0.3 is 9.80 Å². The summed E-state index contributed by atoms with van der Waals surface area (Å²) in [5.74, 6) is 0.312. The average Bonchev–Trinajstić information content (AvgIpc) is 2.55. The smallest absolute Gasteiger partial charge is 0.254 e. The maximum atomic E-state index is 12.4. The number of piperazine rings is 1. The molecule has 0 radical (unpaired) electrons. The molecule has 0 unspecified atom stereocenters. The van der Waals surface area contributed by atoms with Crippen LogP contribution in [-0.4, -0.2) is 47.8 Å². The summed E-state index contributed by atoms with van der Waals surface area (Å²) in [6.45, 7) is 6.48. The van der Waals surface area contributed by atoms with Crippen LogP contribution >= 0.6 is 11.6 Å². The molecule has 1 fully saturated rings. The first-order valence-electron chi connectivity index (χ1n) is 7.90. The molecule has 0 aromatic heterocycles. The van der Waals surface area contributed by atoms with Gasteiger partial charge in [-0.05, 0) is 31.0 Å². The lowest BCUT2D eigenvalue weighted by molar-refractivity contribution is -0.137. The van der Waals surface area contributed by atoms with Gasteiger partial charge >= 0.3 is 0 Å². The van der Waals surface area contributed by atoms with Crippen LogP contribution < -0.4 is 0 Å². The van der Waals surface area contributed by atoms with Gasteiger partial charge in [-0.2, -0.15) is 0 Å². The molecule has 2 amide bonds. The molecule has 2 rings (SSSR count). The van der Waals surface area contributed by atoms with Gasteiger partial charge in [0.15, 0.2) is 0 Å². The molecule has 1 aromatic carbocycles. The van der Waals surface area contributed by atoms with Gasteiger partial charge in [-0.3, -0.25) is 9.59 Å². The lowest BCUT2D eigenvalue weighted by Gasteiger charge is -2.36. The minimum atomic E-state index is -0.0165. The molecule has 5 heteroatoms. The van der Waals surface area contributed by atoms with Crippen LogP contribution in [-0.2, 0) is 4.79 Å². The van der Waals surface area contributed by atoms with E-state index in [2.05, 4.69) is 0 Å². The molecular weight excluding hydrogens is 300 g/mol. The molecule has 0 bridgehead atoms. The van der Waals surface area contributed by atoms with E-state index < -0.39 is 0 Å². The molecule has 120 valence electrons. The number of carbonyl (C=O) groups excluding carboxylic acids is 2. The number of nitrogens with zero attached hydrogens (tertiary/aromatic N) is 2. The van der Waals surface area contributed by atoms with Crippen molar-refractivity contribution in [3.63, 3.8) is 0 Å². The van der Waals surface area contributed by atoms with E-state index in [0.717, 1.165) is 12.8 Å². The standard InChI is InChI=1S/C17H23ClN2O2/c1-3-13(4-2)16(21)19-8-10-20(11-9-19)17(22)14-6-5-7-15(18)12-14/h5-7,12-13H,3-4,8-11H2,1-2H3. The molecule has 1 aliphatic rings. The monoisotopic (exact) mass is 322 g/mol. The fraction of sp³-hybridized carbons (Fsp3) is 0.529. The lowest BCUT2D eigenvalue weighted by atomic mass is 10.0. The summed E-state index contributed by atoms with van der Waals surface area (Å²) < 4.78 is 0. The number of benzene rings is 1. The molecule has 1 aromatic rings. The van der Waals surface area contributed by atoms with Gasteiger partial charge in [0.1, 0.15) is 0 Å². The topological polar surface area (TPSA) is 40.6 Å². The third-order valence-electron chi connectivity index (χ3n) is 4.28. The number of hydrogen-bond donors (Lipinski definition) is 0. The Morgan fingerprint density at radius 1 is 1.09 bits per heavy atom. The second-order valence-corrected chi connectivity index (χ2v) is 6.08. The Morgan fingerprint density at radius 2 is 1.68 bits per heavy atom. The van der Waals surface area contributed by atoms with E-state index in [1.54, 1.807) is 29.2 Å². The second kappa shape index (κ2) is 7.63. The second-order valence-electron chi connectivity index (χ2n) is 5.64. The number of carbonyl (C=O) groups is 2. The summed E-state index contributed by atoms with van der Waals surface area (Å²) in [6, 6.07) is 6.99. The molecule has 0 saturated carbocycles. The zero-order valence-electron chi connectivity index (χ0n) is 13.2. The molecule has 22 heavy (non-hydrogen) atoms. The molecule has 1 saturated heterocycles. The quantitative estimate of drug-likeness (QED) is 0.854. The number of hydrogen-bond acceptors (Lipinski definition) is 2. The van der Waals surface area contributed by atoms with Crippen LogP contribution in [0.1, 0.15) is 37.0 Å². The Kier molecular flexibility index (Phi) is 5.83. The fourth-order valence-corrected chi connectivity index (χ4v) is 3.02. The van der Waals surface area contributed by atoms with Crippen LogP contribution in [0.25, 0.3) is 0 Å².